The molecule has 1 atom stereocenters. The molecular formula is C19H22N2O3S. The van der Waals surface area contributed by atoms with E-state index in [1.54, 1.807) is 29.2 Å². The van der Waals surface area contributed by atoms with Gasteiger partial charge in [0.15, 0.2) is 0 Å². The van der Waals surface area contributed by atoms with E-state index in [0.29, 0.717) is 19.5 Å². The Morgan fingerprint density at radius 3 is 2.36 bits per heavy atom. The number of carbonyl (C=O) groups excluding carboxylic acids is 1. The van der Waals surface area contributed by atoms with Crippen LogP contribution in [0, 0.1) is 0 Å². The first-order chi connectivity index (χ1) is 12.0. The number of hydrogen-bond donors (Lipinski definition) is 1. The summed E-state index contributed by atoms with van der Waals surface area (Å²) in [5.74, 6) is 0.169. The zero-order chi connectivity index (χ0) is 17.9. The van der Waals surface area contributed by atoms with E-state index in [2.05, 4.69) is 4.72 Å². The summed E-state index contributed by atoms with van der Waals surface area (Å²) in [6.45, 7) is 3.01. The summed E-state index contributed by atoms with van der Waals surface area (Å²) >= 11 is 0. The van der Waals surface area contributed by atoms with Crippen molar-refractivity contribution >= 4 is 21.6 Å². The van der Waals surface area contributed by atoms with Gasteiger partial charge in [0.2, 0.25) is 15.9 Å². The first-order valence-corrected chi connectivity index (χ1v) is 9.91. The van der Waals surface area contributed by atoms with Gasteiger partial charge in [-0.15, -0.1) is 0 Å². The molecule has 0 spiro atoms. The van der Waals surface area contributed by atoms with E-state index in [1.165, 1.54) is 0 Å². The van der Waals surface area contributed by atoms with Gasteiger partial charge in [-0.05, 0) is 42.2 Å². The van der Waals surface area contributed by atoms with Gasteiger partial charge in [-0.2, -0.15) is 0 Å². The predicted octanol–water partition coefficient (Wildman–Crippen LogP) is 2.90. The van der Waals surface area contributed by atoms with Crippen LogP contribution in [0.3, 0.4) is 0 Å². The average molecular weight is 358 g/mol. The summed E-state index contributed by atoms with van der Waals surface area (Å²) in [6.07, 6.45) is 1.40. The van der Waals surface area contributed by atoms with Crippen molar-refractivity contribution in [2.45, 2.75) is 30.6 Å². The van der Waals surface area contributed by atoms with Crippen molar-refractivity contribution in [3.63, 3.8) is 0 Å². The highest BCUT2D eigenvalue weighted by Gasteiger charge is 2.22. The van der Waals surface area contributed by atoms with Crippen LogP contribution in [0.15, 0.2) is 59.5 Å². The maximum atomic E-state index is 12.5. The molecule has 1 saturated heterocycles. The maximum absolute atomic E-state index is 12.5. The Balaban J connectivity index is 1.66. The Hall–Kier alpha value is -2.18. The molecule has 0 bridgehead atoms. The summed E-state index contributed by atoms with van der Waals surface area (Å²) in [4.78, 5) is 13.7. The third-order valence-corrected chi connectivity index (χ3v) is 5.92. The van der Waals surface area contributed by atoms with Crippen LogP contribution in [-0.4, -0.2) is 27.4 Å². The smallest absolute Gasteiger partial charge is 0.240 e. The van der Waals surface area contributed by atoms with Crippen LogP contribution < -0.4 is 9.62 Å². The molecule has 1 aliphatic rings. The second-order valence-corrected chi connectivity index (χ2v) is 8.07. The lowest BCUT2D eigenvalue weighted by Gasteiger charge is -2.16. The Kier molecular flexibility index (Phi) is 5.20. The minimum Gasteiger partial charge on any atom is -0.312 e. The fourth-order valence-corrected chi connectivity index (χ4v) is 4.07. The lowest BCUT2D eigenvalue weighted by Crippen LogP contribution is -2.28. The van der Waals surface area contributed by atoms with Crippen molar-refractivity contribution in [2.24, 2.45) is 0 Å². The second-order valence-electron chi connectivity index (χ2n) is 6.31. The van der Waals surface area contributed by atoms with Gasteiger partial charge in [-0.3, -0.25) is 4.79 Å². The van der Waals surface area contributed by atoms with E-state index in [1.807, 2.05) is 37.3 Å². The van der Waals surface area contributed by atoms with Crippen LogP contribution in [0.2, 0.25) is 0 Å². The molecule has 0 radical (unpaired) electrons. The highest BCUT2D eigenvalue weighted by molar-refractivity contribution is 7.89. The van der Waals surface area contributed by atoms with Gasteiger partial charge in [-0.1, -0.05) is 37.3 Å². The Bertz CT molecular complexity index is 833. The van der Waals surface area contributed by atoms with Crippen molar-refractivity contribution in [3.8, 4) is 0 Å². The van der Waals surface area contributed by atoms with Crippen molar-refractivity contribution in [2.75, 3.05) is 18.0 Å². The molecule has 2 aromatic carbocycles. The van der Waals surface area contributed by atoms with Crippen LogP contribution in [0.25, 0.3) is 0 Å². The summed E-state index contributed by atoms with van der Waals surface area (Å²) in [6, 6.07) is 16.3. The van der Waals surface area contributed by atoms with Crippen LogP contribution in [-0.2, 0) is 14.8 Å². The van der Waals surface area contributed by atoms with E-state index < -0.39 is 10.0 Å². The van der Waals surface area contributed by atoms with Gasteiger partial charge >= 0.3 is 0 Å². The van der Waals surface area contributed by atoms with E-state index in [4.69, 9.17) is 0 Å². The SMILES string of the molecule is C[C@@H](CNS(=O)(=O)c1ccc(N2CCCC2=O)cc1)c1ccccc1. The molecule has 1 fully saturated rings. The number of hydrogen-bond acceptors (Lipinski definition) is 3. The topological polar surface area (TPSA) is 66.5 Å². The number of amides is 1. The number of anilines is 1. The molecule has 1 heterocycles. The van der Waals surface area contributed by atoms with E-state index in [-0.39, 0.29) is 16.7 Å². The summed E-state index contributed by atoms with van der Waals surface area (Å²) in [5.41, 5.74) is 1.84. The molecule has 2 aromatic rings. The predicted molar refractivity (Wildman–Crippen MR) is 98.1 cm³/mol. The molecule has 6 heteroatoms. The van der Waals surface area contributed by atoms with Crippen LogP contribution in [0.1, 0.15) is 31.2 Å². The number of sulfonamides is 1. The number of rotatable bonds is 6. The highest BCUT2D eigenvalue weighted by Crippen LogP contribution is 2.23. The number of carbonyl (C=O) groups is 1. The van der Waals surface area contributed by atoms with E-state index in [9.17, 15) is 13.2 Å². The summed E-state index contributed by atoms with van der Waals surface area (Å²) in [5, 5.41) is 0. The van der Waals surface area contributed by atoms with Crippen molar-refractivity contribution in [1.29, 1.82) is 0 Å². The molecule has 3 rings (SSSR count). The Morgan fingerprint density at radius 1 is 1.08 bits per heavy atom. The number of benzene rings is 2. The van der Waals surface area contributed by atoms with Crippen molar-refractivity contribution in [1.82, 2.24) is 4.72 Å². The van der Waals surface area contributed by atoms with Crippen LogP contribution in [0.4, 0.5) is 5.69 Å². The van der Waals surface area contributed by atoms with Gasteiger partial charge in [-0.25, -0.2) is 13.1 Å². The largest absolute Gasteiger partial charge is 0.312 e. The van der Waals surface area contributed by atoms with Crippen molar-refractivity contribution in [3.05, 3.63) is 60.2 Å². The highest BCUT2D eigenvalue weighted by atomic mass is 32.2. The monoisotopic (exact) mass is 358 g/mol. The quantitative estimate of drug-likeness (QED) is 0.863. The first kappa shape index (κ1) is 17.6. The summed E-state index contributed by atoms with van der Waals surface area (Å²) in [7, 11) is -3.57. The van der Waals surface area contributed by atoms with Gasteiger partial charge < -0.3 is 4.90 Å². The van der Waals surface area contributed by atoms with Crippen LogP contribution >= 0.6 is 0 Å². The molecule has 0 aromatic heterocycles. The standard InChI is InChI=1S/C19H22N2O3S/c1-15(16-6-3-2-4-7-16)14-20-25(23,24)18-11-9-17(10-12-18)21-13-5-8-19(21)22/h2-4,6-7,9-12,15,20H,5,8,13-14H2,1H3/t15-/m0/s1. The van der Waals surface area contributed by atoms with E-state index in [0.717, 1.165) is 17.7 Å². The molecule has 1 N–H and O–H groups in total. The van der Waals surface area contributed by atoms with Gasteiger partial charge in [0, 0.05) is 25.2 Å². The minimum absolute atomic E-state index is 0.0810. The number of nitrogens with one attached hydrogen (secondary N) is 1. The fourth-order valence-electron chi connectivity index (χ4n) is 2.94. The lowest BCUT2D eigenvalue weighted by molar-refractivity contribution is -0.117. The van der Waals surface area contributed by atoms with Gasteiger partial charge in [0.25, 0.3) is 0 Å². The Morgan fingerprint density at radius 2 is 1.76 bits per heavy atom. The fraction of sp³-hybridized carbons (Fsp3) is 0.316. The third-order valence-electron chi connectivity index (χ3n) is 4.48. The zero-order valence-corrected chi connectivity index (χ0v) is 15.0. The summed E-state index contributed by atoms with van der Waals surface area (Å²) < 4.78 is 27.6. The molecular weight excluding hydrogens is 336 g/mol. The molecule has 0 saturated carbocycles. The zero-order valence-electron chi connectivity index (χ0n) is 14.2. The van der Waals surface area contributed by atoms with Gasteiger partial charge in [0.1, 0.15) is 0 Å². The molecule has 0 unspecified atom stereocenters. The molecule has 25 heavy (non-hydrogen) atoms. The molecule has 0 aliphatic carbocycles. The van der Waals surface area contributed by atoms with Crippen molar-refractivity contribution < 1.29 is 13.2 Å². The molecule has 132 valence electrons. The van der Waals surface area contributed by atoms with Gasteiger partial charge in [0.05, 0.1) is 4.90 Å². The second kappa shape index (κ2) is 7.37. The lowest BCUT2D eigenvalue weighted by atomic mass is 10.0. The number of nitrogens with zero attached hydrogens (tertiary/aromatic N) is 1. The Labute approximate surface area is 148 Å². The molecule has 1 amide bonds. The normalized spacial score (nSPS) is 16.2. The maximum Gasteiger partial charge on any atom is 0.240 e. The minimum atomic E-state index is -3.57. The average Bonchev–Trinajstić information content (AvgIpc) is 3.06. The van der Waals surface area contributed by atoms with Crippen LogP contribution in [0.5, 0.6) is 0 Å². The van der Waals surface area contributed by atoms with E-state index >= 15 is 0 Å². The molecule has 1 aliphatic heterocycles. The molecule has 5 nitrogen and oxygen atoms in total. The third kappa shape index (κ3) is 4.08. The first-order valence-electron chi connectivity index (χ1n) is 8.42.